The summed E-state index contributed by atoms with van der Waals surface area (Å²) in [5.74, 6) is -1.70. The third-order valence-electron chi connectivity index (χ3n) is 3.35. The Morgan fingerprint density at radius 2 is 1.75 bits per heavy atom. The number of nitrogens with two attached hydrogens (primary N) is 1. The third kappa shape index (κ3) is 3.33. The van der Waals surface area contributed by atoms with Crippen LogP contribution in [-0.4, -0.2) is 13.6 Å². The average molecular weight is 276 g/mol. The van der Waals surface area contributed by atoms with E-state index in [1.165, 1.54) is 12.1 Å². The Hall–Kier alpha value is -1.94. The molecular formula is C16H18F2N2. The van der Waals surface area contributed by atoms with E-state index in [9.17, 15) is 8.78 Å². The van der Waals surface area contributed by atoms with Gasteiger partial charge in [-0.1, -0.05) is 30.3 Å². The summed E-state index contributed by atoms with van der Waals surface area (Å²) in [6, 6.07) is 13.4. The molecule has 0 bridgehead atoms. The lowest BCUT2D eigenvalue weighted by Crippen LogP contribution is -2.23. The minimum atomic E-state index is -0.852. The van der Waals surface area contributed by atoms with E-state index in [0.717, 1.165) is 11.8 Å². The van der Waals surface area contributed by atoms with Gasteiger partial charge in [-0.3, -0.25) is 0 Å². The Kier molecular flexibility index (Phi) is 4.69. The van der Waals surface area contributed by atoms with Gasteiger partial charge in [-0.15, -0.1) is 0 Å². The third-order valence-corrected chi connectivity index (χ3v) is 3.35. The molecule has 0 radical (unpaired) electrons. The van der Waals surface area contributed by atoms with Gasteiger partial charge in [0.1, 0.15) is 0 Å². The zero-order chi connectivity index (χ0) is 14.5. The summed E-state index contributed by atoms with van der Waals surface area (Å²) in [5, 5.41) is 0. The molecule has 0 fully saturated rings. The molecule has 20 heavy (non-hydrogen) atoms. The molecule has 0 amide bonds. The normalized spacial score (nSPS) is 12.2. The van der Waals surface area contributed by atoms with E-state index < -0.39 is 17.7 Å². The summed E-state index contributed by atoms with van der Waals surface area (Å²) in [6.45, 7) is 0.668. The van der Waals surface area contributed by atoms with E-state index in [4.69, 9.17) is 5.73 Å². The molecule has 0 spiro atoms. The van der Waals surface area contributed by atoms with Crippen molar-refractivity contribution < 1.29 is 8.78 Å². The van der Waals surface area contributed by atoms with Crippen LogP contribution in [0.1, 0.15) is 18.0 Å². The van der Waals surface area contributed by atoms with E-state index in [1.54, 1.807) is 0 Å². The Morgan fingerprint density at radius 1 is 1.05 bits per heavy atom. The van der Waals surface area contributed by atoms with Crippen molar-refractivity contribution in [1.82, 2.24) is 0 Å². The fourth-order valence-electron chi connectivity index (χ4n) is 2.11. The highest BCUT2D eigenvalue weighted by molar-refractivity contribution is 5.44. The highest BCUT2D eigenvalue weighted by Gasteiger charge is 2.15. The standard InChI is InChI=1S/C16H18F2N2/c1-20(12-6-3-2-4-7-12)11-10-15(19)13-8-5-9-14(17)16(13)18/h2-9,15H,10-11,19H2,1H3. The lowest BCUT2D eigenvalue weighted by Gasteiger charge is -2.22. The number of para-hydroxylation sites is 1. The summed E-state index contributed by atoms with van der Waals surface area (Å²) >= 11 is 0. The molecule has 4 heteroatoms. The van der Waals surface area contributed by atoms with Gasteiger partial charge >= 0.3 is 0 Å². The molecule has 1 atom stereocenters. The predicted octanol–water partition coefficient (Wildman–Crippen LogP) is 3.49. The number of halogens is 2. The van der Waals surface area contributed by atoms with Gasteiger partial charge < -0.3 is 10.6 Å². The van der Waals surface area contributed by atoms with Crippen molar-refractivity contribution in [3.63, 3.8) is 0 Å². The van der Waals surface area contributed by atoms with Crippen molar-refractivity contribution in [3.05, 3.63) is 65.7 Å². The second kappa shape index (κ2) is 6.48. The molecule has 2 N–H and O–H groups in total. The summed E-state index contributed by atoms with van der Waals surface area (Å²) < 4.78 is 26.8. The first-order chi connectivity index (χ1) is 9.59. The van der Waals surface area contributed by atoms with E-state index in [0.29, 0.717) is 13.0 Å². The zero-order valence-corrected chi connectivity index (χ0v) is 11.4. The lowest BCUT2D eigenvalue weighted by molar-refractivity contribution is 0.484. The van der Waals surface area contributed by atoms with Gasteiger partial charge in [-0.2, -0.15) is 0 Å². The number of anilines is 1. The van der Waals surface area contributed by atoms with Crippen LogP contribution < -0.4 is 10.6 Å². The Morgan fingerprint density at radius 3 is 2.45 bits per heavy atom. The number of nitrogens with zero attached hydrogens (tertiary/aromatic N) is 1. The fraction of sp³-hybridized carbons (Fsp3) is 0.250. The highest BCUT2D eigenvalue weighted by Crippen LogP contribution is 2.21. The van der Waals surface area contributed by atoms with Crippen LogP contribution in [0, 0.1) is 11.6 Å². The monoisotopic (exact) mass is 276 g/mol. The van der Waals surface area contributed by atoms with Crippen molar-refractivity contribution in [1.29, 1.82) is 0 Å². The molecule has 2 nitrogen and oxygen atoms in total. The molecule has 0 aliphatic rings. The molecule has 2 aromatic rings. The topological polar surface area (TPSA) is 29.3 Å². The van der Waals surface area contributed by atoms with Gasteiger partial charge in [0.15, 0.2) is 11.6 Å². The molecule has 0 aromatic heterocycles. The van der Waals surface area contributed by atoms with Crippen LogP contribution in [0.3, 0.4) is 0 Å². The van der Waals surface area contributed by atoms with E-state index >= 15 is 0 Å². The smallest absolute Gasteiger partial charge is 0.163 e. The van der Waals surface area contributed by atoms with Crippen LogP contribution in [0.2, 0.25) is 0 Å². The summed E-state index contributed by atoms with van der Waals surface area (Å²) in [5.41, 5.74) is 7.25. The fourth-order valence-corrected chi connectivity index (χ4v) is 2.11. The van der Waals surface area contributed by atoms with Crippen molar-refractivity contribution in [3.8, 4) is 0 Å². The molecule has 0 saturated heterocycles. The van der Waals surface area contributed by atoms with E-state index in [-0.39, 0.29) is 5.56 Å². The first-order valence-electron chi connectivity index (χ1n) is 6.55. The molecule has 106 valence electrons. The Balaban J connectivity index is 1.99. The number of rotatable bonds is 5. The quantitative estimate of drug-likeness (QED) is 0.905. The van der Waals surface area contributed by atoms with Crippen LogP contribution in [-0.2, 0) is 0 Å². The van der Waals surface area contributed by atoms with Gasteiger partial charge in [0.05, 0.1) is 0 Å². The summed E-state index contributed by atoms with van der Waals surface area (Å²) in [7, 11) is 1.95. The molecule has 0 aliphatic carbocycles. The molecule has 2 aromatic carbocycles. The largest absolute Gasteiger partial charge is 0.375 e. The maximum absolute atomic E-state index is 13.6. The first-order valence-corrected chi connectivity index (χ1v) is 6.55. The Bertz CT molecular complexity index is 558. The van der Waals surface area contributed by atoms with Crippen molar-refractivity contribution >= 4 is 5.69 Å². The molecule has 0 saturated carbocycles. The second-order valence-corrected chi connectivity index (χ2v) is 4.80. The summed E-state index contributed by atoms with van der Waals surface area (Å²) in [4.78, 5) is 2.04. The van der Waals surface area contributed by atoms with Crippen LogP contribution in [0.5, 0.6) is 0 Å². The second-order valence-electron chi connectivity index (χ2n) is 4.80. The van der Waals surface area contributed by atoms with Crippen molar-refractivity contribution in [2.75, 3.05) is 18.5 Å². The molecular weight excluding hydrogens is 258 g/mol. The summed E-state index contributed by atoms with van der Waals surface area (Å²) in [6.07, 6.45) is 0.547. The SMILES string of the molecule is CN(CCC(N)c1cccc(F)c1F)c1ccccc1. The highest BCUT2D eigenvalue weighted by atomic mass is 19.2. The van der Waals surface area contributed by atoms with Gasteiger partial charge in [-0.25, -0.2) is 8.78 Å². The number of hydrogen-bond acceptors (Lipinski definition) is 2. The van der Waals surface area contributed by atoms with Gasteiger partial charge in [0, 0.05) is 30.9 Å². The van der Waals surface area contributed by atoms with Crippen molar-refractivity contribution in [2.45, 2.75) is 12.5 Å². The van der Waals surface area contributed by atoms with E-state index in [2.05, 4.69) is 0 Å². The van der Waals surface area contributed by atoms with Crippen molar-refractivity contribution in [2.24, 2.45) is 5.73 Å². The van der Waals surface area contributed by atoms with E-state index in [1.807, 2.05) is 42.3 Å². The van der Waals surface area contributed by atoms with Gasteiger partial charge in [0.2, 0.25) is 0 Å². The van der Waals surface area contributed by atoms with Gasteiger partial charge in [0.25, 0.3) is 0 Å². The number of hydrogen-bond donors (Lipinski definition) is 1. The Labute approximate surface area is 117 Å². The maximum Gasteiger partial charge on any atom is 0.163 e. The van der Waals surface area contributed by atoms with Crippen LogP contribution in [0.25, 0.3) is 0 Å². The molecule has 0 heterocycles. The molecule has 0 aliphatic heterocycles. The average Bonchev–Trinajstić information content (AvgIpc) is 2.48. The maximum atomic E-state index is 13.6. The lowest BCUT2D eigenvalue weighted by atomic mass is 10.0. The van der Waals surface area contributed by atoms with Crippen LogP contribution in [0.15, 0.2) is 48.5 Å². The van der Waals surface area contributed by atoms with Crippen LogP contribution in [0.4, 0.5) is 14.5 Å². The zero-order valence-electron chi connectivity index (χ0n) is 11.4. The molecule has 2 rings (SSSR count). The van der Waals surface area contributed by atoms with Gasteiger partial charge in [-0.05, 0) is 24.6 Å². The molecule has 1 unspecified atom stereocenters. The minimum absolute atomic E-state index is 0.228. The first kappa shape index (κ1) is 14.5. The van der Waals surface area contributed by atoms with Crippen LogP contribution >= 0.6 is 0 Å². The number of benzene rings is 2. The minimum Gasteiger partial charge on any atom is -0.375 e. The predicted molar refractivity (Wildman–Crippen MR) is 77.6 cm³/mol.